The van der Waals surface area contributed by atoms with Crippen LogP contribution in [-0.2, 0) is 19.8 Å². The molecule has 0 spiro atoms. The molecule has 0 radical (unpaired) electrons. The molecule has 1 unspecified atom stereocenters. The van der Waals surface area contributed by atoms with Crippen molar-refractivity contribution in [3.8, 4) is 5.75 Å². The molecule has 1 atom stereocenters. The summed E-state index contributed by atoms with van der Waals surface area (Å²) < 4.78 is 58.7. The van der Waals surface area contributed by atoms with Crippen molar-refractivity contribution in [1.29, 1.82) is 0 Å². The maximum Gasteiger partial charge on any atom is 0.435 e. The van der Waals surface area contributed by atoms with Gasteiger partial charge in [0.05, 0.1) is 6.54 Å². The minimum Gasteiger partial charge on any atom is -0.489 e. The van der Waals surface area contributed by atoms with Crippen LogP contribution in [0.1, 0.15) is 18.2 Å². The molecular weight excluding hydrogens is 493 g/mol. The first kappa shape index (κ1) is 24.0. The van der Waals surface area contributed by atoms with Gasteiger partial charge in [-0.3, -0.25) is 9.67 Å². The highest BCUT2D eigenvalue weighted by Crippen LogP contribution is 2.30. The quantitative estimate of drug-likeness (QED) is 0.268. The molecule has 1 aromatic carbocycles. The molecule has 0 aliphatic carbocycles. The molecule has 28 heavy (non-hydrogen) atoms. The molecule has 0 bridgehead atoms. The van der Waals surface area contributed by atoms with Crippen LogP contribution in [0.2, 0.25) is 0 Å². The number of aromatic nitrogens is 2. The number of aryl methyl sites for hydroxylation is 1. The van der Waals surface area contributed by atoms with E-state index in [4.69, 9.17) is 4.74 Å². The fourth-order valence-corrected chi connectivity index (χ4v) is 2.36. The molecule has 6 nitrogen and oxygen atoms in total. The standard InChI is InChI=1S/C17H21F4N5O.HI/c1-11(27-14-6-4-5-13(18)7-14)8-23-16(22-2)24-9-12-10-26(3)25-15(12)17(19,20)21;/h4-7,10-11H,8-9H2,1-3H3,(H2,22,23,24);1H. The molecule has 11 heteroatoms. The molecule has 1 heterocycles. The monoisotopic (exact) mass is 515 g/mol. The zero-order valence-corrected chi connectivity index (χ0v) is 17.9. The van der Waals surface area contributed by atoms with Crippen LogP contribution < -0.4 is 15.4 Å². The van der Waals surface area contributed by atoms with Crippen molar-refractivity contribution < 1.29 is 22.3 Å². The second kappa shape index (κ2) is 10.5. The molecule has 0 amide bonds. The van der Waals surface area contributed by atoms with Gasteiger partial charge >= 0.3 is 6.18 Å². The summed E-state index contributed by atoms with van der Waals surface area (Å²) in [5.41, 5.74) is -0.923. The number of rotatable bonds is 6. The van der Waals surface area contributed by atoms with Crippen LogP contribution in [0.4, 0.5) is 17.6 Å². The first-order chi connectivity index (χ1) is 12.7. The van der Waals surface area contributed by atoms with E-state index in [0.29, 0.717) is 18.3 Å². The van der Waals surface area contributed by atoms with Gasteiger partial charge in [-0.15, -0.1) is 24.0 Å². The van der Waals surface area contributed by atoms with Crippen LogP contribution in [0.25, 0.3) is 0 Å². The average Bonchev–Trinajstić information content (AvgIpc) is 2.96. The summed E-state index contributed by atoms with van der Waals surface area (Å²) in [6.45, 7) is 1.99. The second-order valence-corrected chi connectivity index (χ2v) is 5.87. The molecule has 1 aromatic heterocycles. The van der Waals surface area contributed by atoms with E-state index >= 15 is 0 Å². The predicted molar refractivity (Wildman–Crippen MR) is 108 cm³/mol. The number of alkyl halides is 3. The highest BCUT2D eigenvalue weighted by molar-refractivity contribution is 14.0. The normalized spacial score (nSPS) is 12.9. The van der Waals surface area contributed by atoms with E-state index in [2.05, 4.69) is 20.7 Å². The van der Waals surface area contributed by atoms with Crippen LogP contribution in [0, 0.1) is 5.82 Å². The molecule has 2 rings (SSSR count). The van der Waals surface area contributed by atoms with Crippen molar-refractivity contribution in [3.05, 3.63) is 47.5 Å². The van der Waals surface area contributed by atoms with Crippen molar-refractivity contribution in [2.24, 2.45) is 12.0 Å². The number of aliphatic imine (C=N–C) groups is 1. The largest absolute Gasteiger partial charge is 0.489 e. The van der Waals surface area contributed by atoms with Gasteiger partial charge in [-0.2, -0.15) is 18.3 Å². The number of nitrogens with zero attached hydrogens (tertiary/aromatic N) is 3. The number of ether oxygens (including phenoxy) is 1. The van der Waals surface area contributed by atoms with Crippen molar-refractivity contribution in [2.45, 2.75) is 25.7 Å². The highest BCUT2D eigenvalue weighted by atomic mass is 127. The van der Waals surface area contributed by atoms with Crippen molar-refractivity contribution in [2.75, 3.05) is 13.6 Å². The number of halogens is 5. The van der Waals surface area contributed by atoms with Gasteiger partial charge in [-0.25, -0.2) is 4.39 Å². The van der Waals surface area contributed by atoms with Crippen LogP contribution in [0.5, 0.6) is 5.75 Å². The lowest BCUT2D eigenvalue weighted by molar-refractivity contribution is -0.142. The fraction of sp³-hybridized carbons (Fsp3) is 0.412. The molecular formula is C17H22F4IN5O. The lowest BCUT2D eigenvalue weighted by Crippen LogP contribution is -2.41. The second-order valence-electron chi connectivity index (χ2n) is 5.87. The van der Waals surface area contributed by atoms with E-state index in [1.807, 2.05) is 0 Å². The highest BCUT2D eigenvalue weighted by Gasteiger charge is 2.36. The third-order valence-electron chi connectivity index (χ3n) is 3.53. The van der Waals surface area contributed by atoms with Gasteiger partial charge in [0.15, 0.2) is 11.7 Å². The third-order valence-corrected chi connectivity index (χ3v) is 3.53. The maximum absolute atomic E-state index is 13.2. The van der Waals surface area contributed by atoms with Crippen LogP contribution in [0.15, 0.2) is 35.5 Å². The minimum absolute atomic E-state index is 0. The van der Waals surface area contributed by atoms with Gasteiger partial charge in [0.2, 0.25) is 0 Å². The molecule has 156 valence electrons. The zero-order chi connectivity index (χ0) is 20.0. The Balaban J connectivity index is 0.00000392. The topological polar surface area (TPSA) is 63.5 Å². The lowest BCUT2D eigenvalue weighted by atomic mass is 10.2. The van der Waals surface area contributed by atoms with Gasteiger partial charge in [-0.05, 0) is 19.1 Å². The molecule has 2 N–H and O–H groups in total. The molecule has 0 aliphatic heterocycles. The Bertz CT molecular complexity index is 794. The first-order valence-electron chi connectivity index (χ1n) is 8.15. The predicted octanol–water partition coefficient (Wildman–Crippen LogP) is 3.33. The molecule has 0 saturated carbocycles. The lowest BCUT2D eigenvalue weighted by Gasteiger charge is -2.18. The SMILES string of the molecule is CN=C(NCc1cn(C)nc1C(F)(F)F)NCC(C)Oc1cccc(F)c1.I. The zero-order valence-electron chi connectivity index (χ0n) is 15.5. The fourth-order valence-electron chi connectivity index (χ4n) is 2.36. The Morgan fingerprint density at radius 2 is 2.04 bits per heavy atom. The van der Waals surface area contributed by atoms with E-state index in [1.165, 1.54) is 38.5 Å². The minimum atomic E-state index is -4.53. The average molecular weight is 515 g/mol. The van der Waals surface area contributed by atoms with E-state index in [9.17, 15) is 17.6 Å². The Labute approximate surface area is 177 Å². The van der Waals surface area contributed by atoms with Crippen molar-refractivity contribution in [1.82, 2.24) is 20.4 Å². The van der Waals surface area contributed by atoms with Crippen molar-refractivity contribution in [3.63, 3.8) is 0 Å². The van der Waals surface area contributed by atoms with Gasteiger partial charge in [0.25, 0.3) is 0 Å². The summed E-state index contributed by atoms with van der Waals surface area (Å²) in [6, 6.07) is 5.75. The number of guanidine groups is 1. The summed E-state index contributed by atoms with van der Waals surface area (Å²) in [5.74, 6) is 0.293. The van der Waals surface area contributed by atoms with Crippen LogP contribution >= 0.6 is 24.0 Å². The summed E-state index contributed by atoms with van der Waals surface area (Å²) in [6.07, 6.45) is -3.55. The summed E-state index contributed by atoms with van der Waals surface area (Å²) in [5, 5.41) is 9.22. The van der Waals surface area contributed by atoms with Crippen LogP contribution in [-0.4, -0.2) is 35.4 Å². The Morgan fingerprint density at radius 3 is 2.64 bits per heavy atom. The Morgan fingerprint density at radius 1 is 1.32 bits per heavy atom. The smallest absolute Gasteiger partial charge is 0.435 e. The maximum atomic E-state index is 13.2. The van der Waals surface area contributed by atoms with E-state index in [1.54, 1.807) is 13.0 Å². The van der Waals surface area contributed by atoms with Gasteiger partial charge in [0, 0.05) is 38.5 Å². The molecule has 0 saturated heterocycles. The van der Waals surface area contributed by atoms with Gasteiger partial charge in [0.1, 0.15) is 17.7 Å². The first-order valence-corrected chi connectivity index (χ1v) is 8.15. The van der Waals surface area contributed by atoms with Gasteiger partial charge < -0.3 is 15.4 Å². The Kier molecular flexibility index (Phi) is 8.98. The van der Waals surface area contributed by atoms with E-state index < -0.39 is 17.7 Å². The number of hydrogen-bond donors (Lipinski definition) is 2. The number of benzene rings is 1. The van der Waals surface area contributed by atoms with Crippen LogP contribution in [0.3, 0.4) is 0 Å². The van der Waals surface area contributed by atoms with E-state index in [0.717, 1.165) is 4.68 Å². The van der Waals surface area contributed by atoms with E-state index in [-0.39, 0.29) is 42.2 Å². The molecule has 0 fully saturated rings. The number of hydrogen-bond acceptors (Lipinski definition) is 3. The van der Waals surface area contributed by atoms with Gasteiger partial charge in [-0.1, -0.05) is 6.07 Å². The molecule has 0 aliphatic rings. The Hall–Kier alpha value is -2.05. The molecule has 2 aromatic rings. The van der Waals surface area contributed by atoms with Crippen molar-refractivity contribution >= 4 is 29.9 Å². The summed E-state index contributed by atoms with van der Waals surface area (Å²) in [4.78, 5) is 3.97. The third kappa shape index (κ3) is 7.17. The number of nitrogens with one attached hydrogen (secondary N) is 2. The summed E-state index contributed by atoms with van der Waals surface area (Å²) >= 11 is 0. The summed E-state index contributed by atoms with van der Waals surface area (Å²) in [7, 11) is 2.93.